The summed E-state index contributed by atoms with van der Waals surface area (Å²) < 4.78 is 10.6. The number of rotatable bonds is 13. The molecule has 1 heterocycles. The van der Waals surface area contributed by atoms with Gasteiger partial charge in [0.15, 0.2) is 0 Å². The summed E-state index contributed by atoms with van der Waals surface area (Å²) >= 11 is 0. The van der Waals surface area contributed by atoms with E-state index >= 15 is 0 Å². The molecule has 0 spiro atoms. The van der Waals surface area contributed by atoms with Gasteiger partial charge in [0, 0.05) is 25.6 Å². The van der Waals surface area contributed by atoms with Crippen molar-refractivity contribution in [1.82, 2.24) is 4.98 Å². The van der Waals surface area contributed by atoms with E-state index in [1.807, 2.05) is 18.3 Å². The third-order valence-electron chi connectivity index (χ3n) is 5.04. The van der Waals surface area contributed by atoms with Crippen LogP contribution in [-0.2, 0) is 16.1 Å². The van der Waals surface area contributed by atoms with Gasteiger partial charge in [-0.1, -0.05) is 98.5 Å². The van der Waals surface area contributed by atoms with Crippen molar-refractivity contribution in [3.05, 3.63) is 30.1 Å². The molecule has 0 aliphatic heterocycles. The first kappa shape index (κ1) is 30.1. The van der Waals surface area contributed by atoms with Crippen LogP contribution in [0.5, 0.6) is 0 Å². The molecule has 0 bridgehead atoms. The lowest BCUT2D eigenvalue weighted by Gasteiger charge is -2.00. The number of aromatic nitrogens is 1. The highest BCUT2D eigenvalue weighted by Gasteiger charge is 2.21. The predicted molar refractivity (Wildman–Crippen MR) is 136 cm³/mol. The molecule has 31 heavy (non-hydrogen) atoms. The Morgan fingerprint density at radius 2 is 1.48 bits per heavy atom. The zero-order valence-corrected chi connectivity index (χ0v) is 21.5. The maximum Gasteiger partial charge on any atom is 0.0731 e. The molecular weight excluding hydrogens is 382 g/mol. The van der Waals surface area contributed by atoms with E-state index in [-0.39, 0.29) is 0 Å². The van der Waals surface area contributed by atoms with Gasteiger partial charge < -0.3 is 9.47 Å². The van der Waals surface area contributed by atoms with Gasteiger partial charge in [0.2, 0.25) is 0 Å². The molecule has 3 nitrogen and oxygen atoms in total. The molecule has 3 rings (SSSR count). The van der Waals surface area contributed by atoms with E-state index in [9.17, 15) is 0 Å². The Balaban J connectivity index is 0.000000403. The molecule has 0 unspecified atom stereocenters. The molecule has 2 fully saturated rings. The van der Waals surface area contributed by atoms with E-state index in [2.05, 4.69) is 39.6 Å². The fourth-order valence-corrected chi connectivity index (χ4v) is 2.78. The van der Waals surface area contributed by atoms with Crippen LogP contribution in [0.25, 0.3) is 0 Å². The minimum Gasteiger partial charge on any atom is -0.378 e. The minimum absolute atomic E-state index is 0.653. The minimum atomic E-state index is 0.653. The molecule has 0 N–H and O–H groups in total. The van der Waals surface area contributed by atoms with Gasteiger partial charge in [-0.05, 0) is 43.2 Å². The molecule has 182 valence electrons. The highest BCUT2D eigenvalue weighted by molar-refractivity contribution is 5.06. The average Bonchev–Trinajstić information content (AvgIpc) is 3.71. The summed E-state index contributed by atoms with van der Waals surface area (Å²) in [5.74, 6) is 1.15. The van der Waals surface area contributed by atoms with Crippen molar-refractivity contribution in [1.29, 1.82) is 0 Å². The fourth-order valence-electron chi connectivity index (χ4n) is 2.78. The quantitative estimate of drug-likeness (QED) is 0.290. The molecule has 3 heteroatoms. The number of unbranched alkanes of at least 4 members (excludes halogenated alkanes) is 4. The van der Waals surface area contributed by atoms with Crippen LogP contribution in [0.1, 0.15) is 124 Å². The lowest BCUT2D eigenvalue weighted by atomic mass is 10.1. The molecule has 0 radical (unpaired) electrons. The van der Waals surface area contributed by atoms with Gasteiger partial charge in [-0.2, -0.15) is 0 Å². The number of ether oxygens (including phenoxy) is 2. The van der Waals surface area contributed by atoms with Gasteiger partial charge in [-0.25, -0.2) is 0 Å². The summed E-state index contributed by atoms with van der Waals surface area (Å²) in [6.07, 6.45) is 22.1. The van der Waals surface area contributed by atoms with Gasteiger partial charge in [0.05, 0.1) is 12.7 Å². The third-order valence-corrected chi connectivity index (χ3v) is 5.04. The van der Waals surface area contributed by atoms with E-state index in [1.165, 1.54) is 70.6 Å². The fraction of sp³-hybridized carbons (Fsp3) is 0.821. The molecule has 2 aliphatic rings. The smallest absolute Gasteiger partial charge is 0.0731 e. The Kier molecular flexibility index (Phi) is 23.0. The SMILES string of the molecule is CCCCC.CCCCCC1CC1.CCCOC1CC1.CCCOCc1cccnc1. The second kappa shape index (κ2) is 23.7. The first-order chi connectivity index (χ1) is 15.2. The summed E-state index contributed by atoms with van der Waals surface area (Å²) in [5, 5.41) is 0. The molecule has 0 amide bonds. The first-order valence-corrected chi connectivity index (χ1v) is 13.3. The maximum atomic E-state index is 5.33. The van der Waals surface area contributed by atoms with E-state index in [0.29, 0.717) is 12.7 Å². The summed E-state index contributed by atoms with van der Waals surface area (Å²) in [4.78, 5) is 3.98. The Morgan fingerprint density at radius 1 is 0.806 bits per heavy atom. The average molecular weight is 436 g/mol. The number of pyridine rings is 1. The molecule has 0 saturated heterocycles. The van der Waals surface area contributed by atoms with Crippen molar-refractivity contribution in [2.24, 2.45) is 5.92 Å². The van der Waals surface area contributed by atoms with E-state index < -0.39 is 0 Å². The van der Waals surface area contributed by atoms with E-state index in [4.69, 9.17) is 9.47 Å². The summed E-state index contributed by atoms with van der Waals surface area (Å²) in [5.41, 5.74) is 1.14. The van der Waals surface area contributed by atoms with Crippen molar-refractivity contribution < 1.29 is 9.47 Å². The molecular formula is C28H53NO2. The normalized spacial score (nSPS) is 14.4. The molecule has 2 saturated carbocycles. The summed E-state index contributed by atoms with van der Waals surface area (Å²) in [6, 6.07) is 3.94. The van der Waals surface area contributed by atoms with Crippen molar-refractivity contribution >= 4 is 0 Å². The second-order valence-corrected chi connectivity index (χ2v) is 8.78. The lowest BCUT2D eigenvalue weighted by Crippen LogP contribution is -1.93. The van der Waals surface area contributed by atoms with Crippen LogP contribution < -0.4 is 0 Å². The Hall–Kier alpha value is -0.930. The van der Waals surface area contributed by atoms with Crippen LogP contribution in [0.2, 0.25) is 0 Å². The van der Waals surface area contributed by atoms with Gasteiger partial charge in [-0.15, -0.1) is 0 Å². The van der Waals surface area contributed by atoms with Gasteiger partial charge in [0.25, 0.3) is 0 Å². The van der Waals surface area contributed by atoms with Crippen LogP contribution in [0.4, 0.5) is 0 Å². The Morgan fingerprint density at radius 3 is 1.94 bits per heavy atom. The second-order valence-electron chi connectivity index (χ2n) is 8.78. The topological polar surface area (TPSA) is 31.4 Å². The maximum absolute atomic E-state index is 5.33. The predicted octanol–water partition coefficient (Wildman–Crippen LogP) is 8.76. The molecule has 0 aromatic carbocycles. The van der Waals surface area contributed by atoms with Crippen molar-refractivity contribution in [2.75, 3.05) is 13.2 Å². The van der Waals surface area contributed by atoms with Crippen LogP contribution in [0, 0.1) is 5.92 Å². The number of hydrogen-bond donors (Lipinski definition) is 0. The van der Waals surface area contributed by atoms with Crippen molar-refractivity contribution in [3.63, 3.8) is 0 Å². The highest BCUT2D eigenvalue weighted by atomic mass is 16.5. The molecule has 0 atom stereocenters. The van der Waals surface area contributed by atoms with Gasteiger partial charge in [-0.3, -0.25) is 4.98 Å². The van der Waals surface area contributed by atoms with E-state index in [0.717, 1.165) is 37.5 Å². The van der Waals surface area contributed by atoms with Crippen molar-refractivity contribution in [3.8, 4) is 0 Å². The highest BCUT2D eigenvalue weighted by Crippen LogP contribution is 2.33. The summed E-state index contributed by atoms with van der Waals surface area (Å²) in [7, 11) is 0. The van der Waals surface area contributed by atoms with Crippen LogP contribution in [-0.4, -0.2) is 24.3 Å². The summed E-state index contributed by atoms with van der Waals surface area (Å²) in [6.45, 7) is 13.4. The molecule has 2 aliphatic carbocycles. The van der Waals surface area contributed by atoms with Crippen LogP contribution in [0.3, 0.4) is 0 Å². The third kappa shape index (κ3) is 25.2. The zero-order chi connectivity index (χ0) is 23.0. The standard InChI is InChI=1S/C9H13NO.C8H16.C6H12O.C5H12/c1-2-6-11-8-9-4-3-5-10-7-9;1-2-3-4-5-8-6-7-8;1-2-5-7-6-3-4-6;1-3-5-4-2/h3-5,7H,2,6,8H2,1H3;8H,2-7H2,1H3;6H,2-5H2,1H3;3-5H2,1-2H3. The zero-order valence-electron chi connectivity index (χ0n) is 21.5. The monoisotopic (exact) mass is 435 g/mol. The Labute approximate surface area is 194 Å². The Bertz CT molecular complexity index is 442. The van der Waals surface area contributed by atoms with E-state index in [1.54, 1.807) is 6.20 Å². The largest absolute Gasteiger partial charge is 0.378 e. The van der Waals surface area contributed by atoms with Gasteiger partial charge >= 0.3 is 0 Å². The number of nitrogens with zero attached hydrogens (tertiary/aromatic N) is 1. The first-order valence-electron chi connectivity index (χ1n) is 13.3. The number of hydrogen-bond acceptors (Lipinski definition) is 3. The molecule has 1 aromatic rings. The van der Waals surface area contributed by atoms with Crippen LogP contribution in [0.15, 0.2) is 24.5 Å². The lowest BCUT2D eigenvalue weighted by molar-refractivity contribution is 0.120. The van der Waals surface area contributed by atoms with Crippen molar-refractivity contribution in [2.45, 2.75) is 131 Å². The molecule has 1 aromatic heterocycles. The van der Waals surface area contributed by atoms with Gasteiger partial charge in [0.1, 0.15) is 0 Å². The van der Waals surface area contributed by atoms with Crippen LogP contribution >= 0.6 is 0 Å².